The minimum atomic E-state index is -0.185. The molecule has 0 aliphatic carbocycles. The highest BCUT2D eigenvalue weighted by molar-refractivity contribution is 6.30. The van der Waals surface area contributed by atoms with Crippen molar-refractivity contribution in [3.8, 4) is 11.4 Å². The van der Waals surface area contributed by atoms with Crippen LogP contribution in [0.1, 0.15) is 22.1 Å². The van der Waals surface area contributed by atoms with Crippen molar-refractivity contribution in [3.05, 3.63) is 52.6 Å². The Balaban J connectivity index is 1.57. The summed E-state index contributed by atoms with van der Waals surface area (Å²) in [4.78, 5) is 16.4. The van der Waals surface area contributed by atoms with Gasteiger partial charge in [-0.3, -0.25) is 9.48 Å². The van der Waals surface area contributed by atoms with E-state index < -0.39 is 0 Å². The van der Waals surface area contributed by atoms with Crippen LogP contribution in [0.25, 0.3) is 11.4 Å². The molecule has 0 radical (unpaired) electrons. The van der Waals surface area contributed by atoms with Crippen LogP contribution in [-0.2, 0) is 13.5 Å². The van der Waals surface area contributed by atoms with Crippen LogP contribution >= 0.6 is 11.6 Å². The Morgan fingerprint density at radius 1 is 1.33 bits per heavy atom. The number of aromatic nitrogens is 4. The first-order chi connectivity index (χ1) is 11.5. The lowest BCUT2D eigenvalue weighted by atomic mass is 10.2. The molecule has 1 N–H and O–H groups in total. The number of benzene rings is 1. The summed E-state index contributed by atoms with van der Waals surface area (Å²) in [6.45, 7) is 2.23. The predicted octanol–water partition coefficient (Wildman–Crippen LogP) is 2.40. The van der Waals surface area contributed by atoms with Gasteiger partial charge in [0.25, 0.3) is 5.91 Å². The maximum atomic E-state index is 12.1. The molecular formula is C16H16ClN5O2. The van der Waals surface area contributed by atoms with Crippen molar-refractivity contribution in [2.24, 2.45) is 7.05 Å². The molecule has 0 unspecified atom stereocenters. The maximum Gasteiger partial charge on any atom is 0.269 e. The molecule has 0 aliphatic rings. The van der Waals surface area contributed by atoms with E-state index in [4.69, 9.17) is 16.1 Å². The molecule has 2 aromatic heterocycles. The zero-order valence-electron chi connectivity index (χ0n) is 13.3. The molecule has 7 nitrogen and oxygen atoms in total. The Morgan fingerprint density at radius 3 is 2.75 bits per heavy atom. The fourth-order valence-electron chi connectivity index (χ4n) is 2.27. The number of amides is 1. The minimum Gasteiger partial charge on any atom is -0.350 e. The van der Waals surface area contributed by atoms with Gasteiger partial charge in [-0.05, 0) is 37.3 Å². The fourth-order valence-corrected chi connectivity index (χ4v) is 2.40. The third kappa shape index (κ3) is 3.62. The third-order valence-corrected chi connectivity index (χ3v) is 3.68. The number of hydrogen-bond donors (Lipinski definition) is 1. The van der Waals surface area contributed by atoms with E-state index in [1.165, 1.54) is 0 Å². The predicted molar refractivity (Wildman–Crippen MR) is 88.7 cm³/mol. The Hall–Kier alpha value is -2.67. The third-order valence-electron chi connectivity index (χ3n) is 3.43. The van der Waals surface area contributed by atoms with Gasteiger partial charge >= 0.3 is 0 Å². The molecule has 0 atom stereocenters. The van der Waals surface area contributed by atoms with Crippen LogP contribution in [0.2, 0.25) is 5.02 Å². The molecule has 1 aromatic carbocycles. The van der Waals surface area contributed by atoms with Gasteiger partial charge in [-0.1, -0.05) is 16.8 Å². The number of carbonyl (C=O) groups is 1. The van der Waals surface area contributed by atoms with Crippen LogP contribution in [0, 0.1) is 6.92 Å². The maximum absolute atomic E-state index is 12.1. The van der Waals surface area contributed by atoms with Crippen molar-refractivity contribution >= 4 is 17.5 Å². The van der Waals surface area contributed by atoms with Crippen molar-refractivity contribution in [2.45, 2.75) is 13.3 Å². The second kappa shape index (κ2) is 6.84. The summed E-state index contributed by atoms with van der Waals surface area (Å²) >= 11 is 5.86. The van der Waals surface area contributed by atoms with E-state index in [1.54, 1.807) is 29.9 Å². The molecule has 3 aromatic rings. The number of aryl methyl sites for hydroxylation is 2. The molecule has 0 fully saturated rings. The molecule has 0 bridgehead atoms. The summed E-state index contributed by atoms with van der Waals surface area (Å²) in [5.74, 6) is 0.771. The minimum absolute atomic E-state index is 0.185. The van der Waals surface area contributed by atoms with Crippen LogP contribution in [-0.4, -0.2) is 32.4 Å². The second-order valence-electron chi connectivity index (χ2n) is 5.32. The molecular weight excluding hydrogens is 330 g/mol. The molecule has 2 heterocycles. The van der Waals surface area contributed by atoms with Crippen molar-refractivity contribution in [1.29, 1.82) is 0 Å². The van der Waals surface area contributed by atoms with E-state index in [0.717, 1.165) is 11.3 Å². The summed E-state index contributed by atoms with van der Waals surface area (Å²) in [6.07, 6.45) is 0.448. The van der Waals surface area contributed by atoms with Gasteiger partial charge in [0.15, 0.2) is 0 Å². The van der Waals surface area contributed by atoms with Crippen LogP contribution in [0.4, 0.5) is 0 Å². The number of rotatable bonds is 5. The highest BCUT2D eigenvalue weighted by Crippen LogP contribution is 2.18. The Bertz CT molecular complexity index is 854. The van der Waals surface area contributed by atoms with Crippen LogP contribution < -0.4 is 5.32 Å². The van der Waals surface area contributed by atoms with Crippen LogP contribution in [0.5, 0.6) is 0 Å². The average Bonchev–Trinajstić information content (AvgIpc) is 3.14. The summed E-state index contributed by atoms with van der Waals surface area (Å²) in [7, 11) is 1.73. The zero-order chi connectivity index (χ0) is 17.1. The second-order valence-corrected chi connectivity index (χ2v) is 5.76. The molecule has 3 rings (SSSR count). The fraction of sp³-hybridized carbons (Fsp3) is 0.250. The first-order valence-electron chi connectivity index (χ1n) is 7.40. The lowest BCUT2D eigenvalue weighted by molar-refractivity contribution is 0.0944. The standard InChI is InChI=1S/C16H16ClN5O2/c1-10-9-13(22(2)20-10)16(23)18-8-7-14-19-15(21-24-14)11-3-5-12(17)6-4-11/h3-6,9H,7-8H2,1-2H3,(H,18,23). The van der Waals surface area contributed by atoms with E-state index in [1.807, 2.05) is 19.1 Å². The SMILES string of the molecule is Cc1cc(C(=O)NCCc2nc(-c3ccc(Cl)cc3)no2)n(C)n1. The van der Waals surface area contributed by atoms with E-state index in [-0.39, 0.29) is 5.91 Å². The number of hydrogen-bond acceptors (Lipinski definition) is 5. The van der Waals surface area contributed by atoms with Gasteiger partial charge in [-0.25, -0.2) is 0 Å². The van der Waals surface area contributed by atoms with Gasteiger partial charge in [0.05, 0.1) is 5.69 Å². The quantitative estimate of drug-likeness (QED) is 0.767. The van der Waals surface area contributed by atoms with Crippen molar-refractivity contribution in [3.63, 3.8) is 0 Å². The lowest BCUT2D eigenvalue weighted by Crippen LogP contribution is -2.27. The molecule has 24 heavy (non-hydrogen) atoms. The normalized spacial score (nSPS) is 10.8. The van der Waals surface area contributed by atoms with E-state index >= 15 is 0 Å². The summed E-state index contributed by atoms with van der Waals surface area (Å²) < 4.78 is 6.75. The topological polar surface area (TPSA) is 85.8 Å². The smallest absolute Gasteiger partial charge is 0.269 e. The van der Waals surface area contributed by atoms with E-state index in [9.17, 15) is 4.79 Å². The van der Waals surface area contributed by atoms with Gasteiger partial charge in [-0.2, -0.15) is 10.1 Å². The van der Waals surface area contributed by atoms with Gasteiger partial charge in [0, 0.05) is 30.6 Å². The number of nitrogens with one attached hydrogen (secondary N) is 1. The highest BCUT2D eigenvalue weighted by Gasteiger charge is 2.12. The molecule has 0 saturated carbocycles. The largest absolute Gasteiger partial charge is 0.350 e. The van der Waals surface area contributed by atoms with Crippen LogP contribution in [0.3, 0.4) is 0 Å². The van der Waals surface area contributed by atoms with Crippen molar-refractivity contribution in [1.82, 2.24) is 25.2 Å². The molecule has 1 amide bonds. The van der Waals surface area contributed by atoms with Gasteiger partial charge in [0.2, 0.25) is 11.7 Å². The Morgan fingerprint density at radius 2 is 2.08 bits per heavy atom. The van der Waals surface area contributed by atoms with Gasteiger partial charge in [-0.15, -0.1) is 0 Å². The molecule has 0 aliphatic heterocycles. The average molecular weight is 346 g/mol. The summed E-state index contributed by atoms with van der Waals surface area (Å²) in [6, 6.07) is 8.92. The lowest BCUT2D eigenvalue weighted by Gasteiger charge is -2.03. The number of nitrogens with zero attached hydrogens (tertiary/aromatic N) is 4. The molecule has 0 saturated heterocycles. The van der Waals surface area contributed by atoms with E-state index in [0.29, 0.717) is 35.4 Å². The summed E-state index contributed by atoms with van der Waals surface area (Å²) in [5, 5.41) is 11.5. The number of carbonyl (C=O) groups excluding carboxylic acids is 1. The van der Waals surface area contributed by atoms with Crippen LogP contribution in [0.15, 0.2) is 34.9 Å². The highest BCUT2D eigenvalue weighted by atomic mass is 35.5. The van der Waals surface area contributed by atoms with Gasteiger partial charge in [0.1, 0.15) is 5.69 Å². The Kier molecular flexibility index (Phi) is 4.61. The van der Waals surface area contributed by atoms with Crippen molar-refractivity contribution < 1.29 is 9.32 Å². The van der Waals surface area contributed by atoms with E-state index in [2.05, 4.69) is 20.6 Å². The summed E-state index contributed by atoms with van der Waals surface area (Å²) in [5.41, 5.74) is 2.14. The van der Waals surface area contributed by atoms with Crippen molar-refractivity contribution in [2.75, 3.05) is 6.54 Å². The first kappa shape index (κ1) is 16.2. The zero-order valence-corrected chi connectivity index (χ0v) is 14.0. The van der Waals surface area contributed by atoms with Gasteiger partial charge < -0.3 is 9.84 Å². The molecule has 0 spiro atoms. The molecule has 8 heteroatoms. The number of halogens is 1. The Labute approximate surface area is 143 Å². The molecule has 124 valence electrons. The monoisotopic (exact) mass is 345 g/mol. The first-order valence-corrected chi connectivity index (χ1v) is 7.78.